The topological polar surface area (TPSA) is 95.7 Å². The average molecular weight is 379 g/mol. The fourth-order valence-electron chi connectivity index (χ4n) is 4.48. The second-order valence-corrected chi connectivity index (χ2v) is 8.46. The van der Waals surface area contributed by atoms with Gasteiger partial charge >= 0.3 is 0 Å². The Morgan fingerprint density at radius 1 is 1.15 bits per heavy atom. The summed E-state index contributed by atoms with van der Waals surface area (Å²) in [4.78, 5) is 41.1. The molecular weight excluding hydrogens is 344 g/mol. The molecule has 0 radical (unpaired) electrons. The van der Waals surface area contributed by atoms with Crippen molar-refractivity contribution in [3.8, 4) is 0 Å². The number of nitrogens with zero attached hydrogens (tertiary/aromatic N) is 2. The largest absolute Gasteiger partial charge is 0.370 e. The lowest BCUT2D eigenvalue weighted by Crippen LogP contribution is -2.61. The number of nitrogens with two attached hydrogens (primary N) is 1. The summed E-state index contributed by atoms with van der Waals surface area (Å²) in [6.45, 7) is 4.74. The van der Waals surface area contributed by atoms with Crippen LogP contribution in [0.25, 0.3) is 0 Å². The maximum absolute atomic E-state index is 13.2. The molecule has 3 aliphatic rings. The molecule has 2 aliphatic heterocycles. The van der Waals surface area contributed by atoms with Crippen molar-refractivity contribution in [3.63, 3.8) is 0 Å². The fourth-order valence-corrected chi connectivity index (χ4v) is 4.48. The van der Waals surface area contributed by atoms with Gasteiger partial charge < -0.3 is 20.9 Å². The van der Waals surface area contributed by atoms with Gasteiger partial charge in [-0.05, 0) is 37.5 Å². The lowest BCUT2D eigenvalue weighted by Gasteiger charge is -2.41. The zero-order valence-corrected chi connectivity index (χ0v) is 16.5. The van der Waals surface area contributed by atoms with Crippen LogP contribution in [0.5, 0.6) is 0 Å². The molecule has 2 atom stereocenters. The van der Waals surface area contributed by atoms with E-state index >= 15 is 0 Å². The number of piperidine rings is 1. The van der Waals surface area contributed by atoms with Gasteiger partial charge in [0.25, 0.3) is 0 Å². The summed E-state index contributed by atoms with van der Waals surface area (Å²) >= 11 is 0. The first-order chi connectivity index (χ1) is 13.0. The maximum atomic E-state index is 13.2. The van der Waals surface area contributed by atoms with Crippen molar-refractivity contribution in [2.75, 3.05) is 26.2 Å². The number of rotatable bonds is 8. The summed E-state index contributed by atoms with van der Waals surface area (Å²) in [5.41, 5.74) is 5.30. The Kier molecular flexibility index (Phi) is 6.73. The molecule has 0 aromatic rings. The molecule has 7 nitrogen and oxygen atoms in total. The normalized spacial score (nSPS) is 25.5. The molecule has 2 saturated heterocycles. The van der Waals surface area contributed by atoms with Crippen molar-refractivity contribution in [2.45, 2.75) is 70.4 Å². The van der Waals surface area contributed by atoms with Crippen LogP contribution in [0.4, 0.5) is 0 Å². The highest BCUT2D eigenvalue weighted by Gasteiger charge is 2.40. The average Bonchev–Trinajstić information content (AvgIpc) is 3.46. The molecular formula is C20H34N4O3. The van der Waals surface area contributed by atoms with Gasteiger partial charge in [0.2, 0.25) is 17.7 Å². The van der Waals surface area contributed by atoms with Crippen molar-refractivity contribution < 1.29 is 14.4 Å². The van der Waals surface area contributed by atoms with Gasteiger partial charge in [-0.1, -0.05) is 26.2 Å². The third-order valence-corrected chi connectivity index (χ3v) is 6.23. The molecule has 3 rings (SSSR count). The molecule has 7 heteroatoms. The van der Waals surface area contributed by atoms with Gasteiger partial charge in [-0.25, -0.2) is 0 Å². The molecule has 2 unspecified atom stereocenters. The fraction of sp³-hybridized carbons (Fsp3) is 0.850. The summed E-state index contributed by atoms with van der Waals surface area (Å²) in [6, 6.07) is -0.473. The monoisotopic (exact) mass is 378 g/mol. The van der Waals surface area contributed by atoms with Crippen molar-refractivity contribution in [1.82, 2.24) is 15.1 Å². The summed E-state index contributed by atoms with van der Waals surface area (Å²) < 4.78 is 0. The van der Waals surface area contributed by atoms with Crippen LogP contribution in [0.1, 0.15) is 58.3 Å². The summed E-state index contributed by atoms with van der Waals surface area (Å²) in [5.74, 6) is 0.867. The first kappa shape index (κ1) is 20.1. The summed E-state index contributed by atoms with van der Waals surface area (Å²) in [6.07, 6.45) is 6.97. The van der Waals surface area contributed by atoms with Crippen molar-refractivity contribution in [3.05, 3.63) is 0 Å². The number of carbonyl (C=O) groups is 3. The summed E-state index contributed by atoms with van der Waals surface area (Å²) in [7, 11) is 0. The molecule has 2 heterocycles. The van der Waals surface area contributed by atoms with Crippen LogP contribution >= 0.6 is 0 Å². The molecule has 1 saturated carbocycles. The second kappa shape index (κ2) is 9.04. The molecule has 0 spiro atoms. The van der Waals surface area contributed by atoms with Crippen molar-refractivity contribution >= 4 is 17.7 Å². The number of nitrogens with one attached hydrogen (secondary N) is 1. The van der Waals surface area contributed by atoms with E-state index in [-0.39, 0.29) is 35.7 Å². The van der Waals surface area contributed by atoms with Crippen LogP contribution in [0, 0.1) is 11.8 Å². The SMILES string of the molecule is CCCC(C(=O)N1CCC(CC(N)=O)CC1)N1CCNC(CC2CC2)C1=O. The van der Waals surface area contributed by atoms with Gasteiger partial charge in [-0.2, -0.15) is 0 Å². The molecule has 0 bridgehead atoms. The molecule has 3 amide bonds. The first-order valence-corrected chi connectivity index (χ1v) is 10.6. The minimum absolute atomic E-state index is 0.0785. The van der Waals surface area contributed by atoms with Gasteiger partial charge in [-0.3, -0.25) is 14.4 Å². The number of hydrogen-bond acceptors (Lipinski definition) is 4. The van der Waals surface area contributed by atoms with Gasteiger partial charge in [-0.15, -0.1) is 0 Å². The molecule has 0 aromatic carbocycles. The highest BCUT2D eigenvalue weighted by molar-refractivity contribution is 5.90. The van der Waals surface area contributed by atoms with Crippen LogP contribution in [0.2, 0.25) is 0 Å². The number of amides is 3. The number of carbonyl (C=O) groups excluding carboxylic acids is 3. The van der Waals surface area contributed by atoms with E-state index in [2.05, 4.69) is 12.2 Å². The van der Waals surface area contributed by atoms with E-state index in [0.717, 1.165) is 32.2 Å². The number of likely N-dealkylation sites (tertiary alicyclic amines) is 1. The van der Waals surface area contributed by atoms with E-state index in [1.807, 2.05) is 9.80 Å². The van der Waals surface area contributed by atoms with Crippen LogP contribution in [0.15, 0.2) is 0 Å². The van der Waals surface area contributed by atoms with E-state index in [4.69, 9.17) is 5.73 Å². The van der Waals surface area contributed by atoms with Gasteiger partial charge in [0, 0.05) is 32.6 Å². The smallest absolute Gasteiger partial charge is 0.245 e. The maximum Gasteiger partial charge on any atom is 0.245 e. The van der Waals surface area contributed by atoms with Gasteiger partial charge in [0.1, 0.15) is 6.04 Å². The second-order valence-electron chi connectivity index (χ2n) is 8.46. The predicted octanol–water partition coefficient (Wildman–Crippen LogP) is 0.870. The Hall–Kier alpha value is -1.63. The molecule has 1 aliphatic carbocycles. The predicted molar refractivity (Wildman–Crippen MR) is 103 cm³/mol. The minimum atomic E-state index is -0.348. The Labute approximate surface area is 162 Å². The Morgan fingerprint density at radius 2 is 1.85 bits per heavy atom. The lowest BCUT2D eigenvalue weighted by atomic mass is 9.92. The van der Waals surface area contributed by atoms with E-state index in [1.54, 1.807) is 0 Å². The van der Waals surface area contributed by atoms with Crippen molar-refractivity contribution in [1.29, 1.82) is 0 Å². The quantitative estimate of drug-likeness (QED) is 0.655. The Bertz CT molecular complexity index is 555. The zero-order valence-electron chi connectivity index (χ0n) is 16.5. The van der Waals surface area contributed by atoms with E-state index in [9.17, 15) is 14.4 Å². The zero-order chi connectivity index (χ0) is 19.4. The molecule has 3 N–H and O–H groups in total. The third kappa shape index (κ3) is 5.21. The number of piperazine rings is 1. The third-order valence-electron chi connectivity index (χ3n) is 6.23. The van der Waals surface area contributed by atoms with E-state index < -0.39 is 0 Å². The molecule has 0 aromatic heterocycles. The number of hydrogen-bond donors (Lipinski definition) is 2. The molecule has 27 heavy (non-hydrogen) atoms. The minimum Gasteiger partial charge on any atom is -0.370 e. The van der Waals surface area contributed by atoms with Crippen molar-refractivity contribution in [2.24, 2.45) is 17.6 Å². The van der Waals surface area contributed by atoms with Gasteiger partial charge in [0.15, 0.2) is 0 Å². The Balaban J connectivity index is 1.61. The highest BCUT2D eigenvalue weighted by Crippen LogP contribution is 2.34. The van der Waals surface area contributed by atoms with Crippen LogP contribution in [-0.4, -0.2) is 65.8 Å². The van der Waals surface area contributed by atoms with E-state index in [1.165, 1.54) is 12.8 Å². The van der Waals surface area contributed by atoms with E-state index in [0.29, 0.717) is 38.4 Å². The van der Waals surface area contributed by atoms with Gasteiger partial charge in [0.05, 0.1) is 6.04 Å². The first-order valence-electron chi connectivity index (χ1n) is 10.6. The lowest BCUT2D eigenvalue weighted by molar-refractivity contribution is -0.150. The Morgan fingerprint density at radius 3 is 2.44 bits per heavy atom. The number of primary amides is 1. The molecule has 3 fully saturated rings. The standard InChI is InChI=1S/C20H34N4O3/c1-2-3-17(20(27)23-9-6-15(7-10-23)13-18(21)25)24-11-8-22-16(19(24)26)12-14-4-5-14/h14-17,22H,2-13H2,1H3,(H2,21,25). The summed E-state index contributed by atoms with van der Waals surface area (Å²) in [5, 5.41) is 3.35. The molecule has 152 valence electrons. The van der Waals surface area contributed by atoms with Crippen LogP contribution < -0.4 is 11.1 Å². The highest BCUT2D eigenvalue weighted by atomic mass is 16.2. The van der Waals surface area contributed by atoms with Crippen LogP contribution in [0.3, 0.4) is 0 Å². The van der Waals surface area contributed by atoms with Crippen LogP contribution in [-0.2, 0) is 14.4 Å².